The number of alkyl halides is 3. The fourth-order valence-electron chi connectivity index (χ4n) is 2.92. The number of benzene rings is 3. The number of thioether (sulfide) groups is 1. The van der Waals surface area contributed by atoms with E-state index in [2.05, 4.69) is 4.98 Å². The van der Waals surface area contributed by atoms with Gasteiger partial charge in [0.1, 0.15) is 12.6 Å². The molecule has 26 heavy (non-hydrogen) atoms. The van der Waals surface area contributed by atoms with Crippen molar-refractivity contribution < 1.29 is 18.0 Å². The molecule has 3 aromatic carbocycles. The first-order valence-corrected chi connectivity index (χ1v) is 8.47. The molecule has 0 unspecified atom stereocenters. The van der Waals surface area contributed by atoms with E-state index in [9.17, 15) is 18.0 Å². The number of aromatic nitrogens is 2. The summed E-state index contributed by atoms with van der Waals surface area (Å²) in [6.07, 6.45) is 2.44. The van der Waals surface area contributed by atoms with Crippen molar-refractivity contribution in [3.05, 3.63) is 66.5 Å². The fourth-order valence-corrected chi connectivity index (χ4v) is 3.46. The van der Waals surface area contributed by atoms with Gasteiger partial charge in [-0.1, -0.05) is 18.2 Å². The Morgan fingerprint density at radius 1 is 1.00 bits per heavy atom. The lowest BCUT2D eigenvalue weighted by Crippen LogP contribution is -1.99. The fraction of sp³-hybridized carbons (Fsp3) is 0.0526. The molecule has 0 saturated heterocycles. The van der Waals surface area contributed by atoms with Crippen LogP contribution in [0.5, 0.6) is 0 Å². The van der Waals surface area contributed by atoms with Crippen LogP contribution in [0.3, 0.4) is 0 Å². The van der Waals surface area contributed by atoms with Crippen LogP contribution in [-0.4, -0.2) is 21.3 Å². The molecule has 0 spiro atoms. The molecule has 4 rings (SSSR count). The molecule has 1 aromatic heterocycles. The van der Waals surface area contributed by atoms with Crippen LogP contribution in [0.1, 0.15) is 10.4 Å². The van der Waals surface area contributed by atoms with Crippen LogP contribution in [0.4, 0.5) is 13.2 Å². The zero-order valence-corrected chi connectivity index (χ0v) is 14.0. The van der Waals surface area contributed by atoms with Gasteiger partial charge in [-0.2, -0.15) is 13.2 Å². The summed E-state index contributed by atoms with van der Waals surface area (Å²) in [4.78, 5) is 15.5. The molecule has 130 valence electrons. The lowest BCUT2D eigenvalue weighted by atomic mass is 10.1. The summed E-state index contributed by atoms with van der Waals surface area (Å²) in [6, 6.07) is 15.3. The molecule has 0 bridgehead atoms. The molecule has 0 aliphatic rings. The van der Waals surface area contributed by atoms with Crippen molar-refractivity contribution in [3.63, 3.8) is 0 Å². The Labute approximate surface area is 150 Å². The van der Waals surface area contributed by atoms with Crippen LogP contribution in [0.25, 0.3) is 27.5 Å². The summed E-state index contributed by atoms with van der Waals surface area (Å²) in [6.45, 7) is 0. The predicted molar refractivity (Wildman–Crippen MR) is 95.9 cm³/mol. The number of hydrogen-bond acceptors (Lipinski definition) is 3. The van der Waals surface area contributed by atoms with Crippen molar-refractivity contribution in [1.82, 2.24) is 9.55 Å². The van der Waals surface area contributed by atoms with Crippen LogP contribution in [-0.2, 0) is 0 Å². The number of aldehydes is 1. The molecular weight excluding hydrogens is 361 g/mol. The number of imidazole rings is 1. The Morgan fingerprint density at radius 3 is 2.46 bits per heavy atom. The predicted octanol–water partition coefficient (Wildman–Crippen LogP) is 5.60. The summed E-state index contributed by atoms with van der Waals surface area (Å²) in [5, 5.41) is 1.82. The average molecular weight is 372 g/mol. The lowest BCUT2D eigenvalue weighted by Gasteiger charge is -2.08. The summed E-state index contributed by atoms with van der Waals surface area (Å²) in [7, 11) is 0. The Bertz CT molecular complexity index is 1120. The number of halogens is 3. The molecular formula is C19H11F3N2OS. The van der Waals surface area contributed by atoms with Crippen LogP contribution in [0.15, 0.2) is 65.8 Å². The van der Waals surface area contributed by atoms with Gasteiger partial charge in [0.05, 0.1) is 11.0 Å². The van der Waals surface area contributed by atoms with Crippen molar-refractivity contribution in [3.8, 4) is 5.69 Å². The van der Waals surface area contributed by atoms with Gasteiger partial charge < -0.3 is 0 Å². The molecule has 0 saturated carbocycles. The minimum atomic E-state index is -4.30. The van der Waals surface area contributed by atoms with Gasteiger partial charge >= 0.3 is 5.51 Å². The van der Waals surface area contributed by atoms with E-state index < -0.39 is 5.51 Å². The van der Waals surface area contributed by atoms with Gasteiger partial charge in [0, 0.05) is 21.5 Å². The van der Waals surface area contributed by atoms with E-state index in [4.69, 9.17) is 0 Å². The molecule has 0 aliphatic carbocycles. The minimum Gasteiger partial charge on any atom is -0.299 e. The molecule has 1 heterocycles. The number of rotatable bonds is 3. The number of hydrogen-bond donors (Lipinski definition) is 0. The van der Waals surface area contributed by atoms with Crippen molar-refractivity contribution >= 4 is 39.9 Å². The molecule has 0 N–H and O–H groups in total. The third-order valence-corrected chi connectivity index (χ3v) is 4.78. The number of carbonyl (C=O) groups is 1. The Hall–Kier alpha value is -2.80. The van der Waals surface area contributed by atoms with E-state index in [0.717, 1.165) is 33.8 Å². The van der Waals surface area contributed by atoms with Gasteiger partial charge in [-0.15, -0.1) is 0 Å². The molecule has 0 amide bonds. The third kappa shape index (κ3) is 3.06. The molecule has 0 atom stereocenters. The second-order valence-corrected chi connectivity index (χ2v) is 6.83. The quantitative estimate of drug-likeness (QED) is 0.347. The highest BCUT2D eigenvalue weighted by Crippen LogP contribution is 2.37. The second kappa shape index (κ2) is 6.17. The Balaban J connectivity index is 1.77. The van der Waals surface area contributed by atoms with E-state index in [1.165, 1.54) is 12.1 Å². The van der Waals surface area contributed by atoms with Gasteiger partial charge in [0.2, 0.25) is 0 Å². The highest BCUT2D eigenvalue weighted by Gasteiger charge is 2.29. The smallest absolute Gasteiger partial charge is 0.299 e. The van der Waals surface area contributed by atoms with Crippen LogP contribution in [0.2, 0.25) is 0 Å². The van der Waals surface area contributed by atoms with Crippen LogP contribution in [0, 0.1) is 0 Å². The standard InChI is InChI=1S/C19H11F3N2OS/c20-19(21,22)26-15-5-3-14(4-6-15)24-11-23-18-16-7-1-12(10-25)9-13(16)2-8-17(18)24/h1-11H. The molecule has 7 heteroatoms. The second-order valence-electron chi connectivity index (χ2n) is 5.69. The summed E-state index contributed by atoms with van der Waals surface area (Å²) in [5.41, 5.74) is -1.37. The van der Waals surface area contributed by atoms with Gasteiger partial charge in [-0.25, -0.2) is 4.98 Å². The topological polar surface area (TPSA) is 34.9 Å². The molecule has 3 nitrogen and oxygen atoms in total. The maximum Gasteiger partial charge on any atom is 0.446 e. The van der Waals surface area contributed by atoms with E-state index in [1.807, 2.05) is 22.8 Å². The zero-order chi connectivity index (χ0) is 18.3. The Kier molecular flexibility index (Phi) is 3.96. The monoisotopic (exact) mass is 372 g/mol. The lowest BCUT2D eigenvalue weighted by molar-refractivity contribution is -0.0328. The maximum absolute atomic E-state index is 12.5. The van der Waals surface area contributed by atoms with Gasteiger partial charge in [0.15, 0.2) is 0 Å². The molecule has 0 aliphatic heterocycles. The van der Waals surface area contributed by atoms with Crippen molar-refractivity contribution in [1.29, 1.82) is 0 Å². The summed E-state index contributed by atoms with van der Waals surface area (Å²) >= 11 is -0.138. The number of nitrogens with zero attached hydrogens (tertiary/aromatic N) is 2. The molecule has 0 radical (unpaired) electrons. The zero-order valence-electron chi connectivity index (χ0n) is 13.2. The summed E-state index contributed by atoms with van der Waals surface area (Å²) in [5.74, 6) is 0. The third-order valence-electron chi connectivity index (χ3n) is 4.04. The van der Waals surface area contributed by atoms with Crippen molar-refractivity contribution in [2.24, 2.45) is 0 Å². The van der Waals surface area contributed by atoms with Crippen molar-refractivity contribution in [2.45, 2.75) is 10.4 Å². The van der Waals surface area contributed by atoms with Crippen LogP contribution < -0.4 is 0 Å². The first-order valence-electron chi connectivity index (χ1n) is 7.66. The van der Waals surface area contributed by atoms with Crippen LogP contribution >= 0.6 is 11.8 Å². The SMILES string of the molecule is O=Cc1ccc2c(ccc3c2ncn3-c2ccc(SC(F)(F)F)cc2)c1. The van der Waals surface area contributed by atoms with E-state index >= 15 is 0 Å². The van der Waals surface area contributed by atoms with Gasteiger partial charge in [0.25, 0.3) is 0 Å². The highest BCUT2D eigenvalue weighted by atomic mass is 32.2. The largest absolute Gasteiger partial charge is 0.446 e. The highest BCUT2D eigenvalue weighted by molar-refractivity contribution is 8.00. The molecule has 0 fully saturated rings. The van der Waals surface area contributed by atoms with E-state index in [1.54, 1.807) is 30.6 Å². The number of carbonyl (C=O) groups excluding carboxylic acids is 1. The first kappa shape index (κ1) is 16.7. The minimum absolute atomic E-state index is 0.137. The molecule has 4 aromatic rings. The van der Waals surface area contributed by atoms with Gasteiger partial charge in [-0.3, -0.25) is 9.36 Å². The summed E-state index contributed by atoms with van der Waals surface area (Å²) < 4.78 is 39.2. The van der Waals surface area contributed by atoms with E-state index in [0.29, 0.717) is 5.56 Å². The average Bonchev–Trinajstić information content (AvgIpc) is 3.05. The van der Waals surface area contributed by atoms with Crippen molar-refractivity contribution in [2.75, 3.05) is 0 Å². The first-order chi connectivity index (χ1) is 12.4. The van der Waals surface area contributed by atoms with Gasteiger partial charge in [-0.05, 0) is 53.5 Å². The normalized spacial score (nSPS) is 12.0. The Morgan fingerprint density at radius 2 is 1.77 bits per heavy atom. The van der Waals surface area contributed by atoms with E-state index in [-0.39, 0.29) is 16.7 Å². The maximum atomic E-state index is 12.5. The number of fused-ring (bicyclic) bond motifs is 3.